The van der Waals surface area contributed by atoms with Crippen molar-refractivity contribution >= 4 is 33.5 Å². The van der Waals surface area contributed by atoms with E-state index in [2.05, 4.69) is 35.0 Å². The second-order valence-corrected chi connectivity index (χ2v) is 8.84. The van der Waals surface area contributed by atoms with E-state index in [1.807, 2.05) is 42.6 Å². The zero-order valence-electron chi connectivity index (χ0n) is 17.0. The summed E-state index contributed by atoms with van der Waals surface area (Å²) in [6.07, 6.45) is 8.36. The quantitative estimate of drug-likeness (QED) is 0.373. The van der Waals surface area contributed by atoms with E-state index in [9.17, 15) is 10.5 Å². The van der Waals surface area contributed by atoms with Crippen molar-refractivity contribution in [2.45, 2.75) is 32.2 Å². The summed E-state index contributed by atoms with van der Waals surface area (Å²) < 4.78 is 2.16. The lowest BCUT2D eigenvalue weighted by molar-refractivity contribution is 0.696. The van der Waals surface area contributed by atoms with E-state index in [0.29, 0.717) is 12.1 Å². The highest BCUT2D eigenvalue weighted by Crippen LogP contribution is 2.39. The van der Waals surface area contributed by atoms with Crippen LogP contribution in [-0.4, -0.2) is 10.8 Å². The molecular formula is C26H20N4S. The Kier molecular flexibility index (Phi) is 5.12. The number of hydrogen-bond donors (Lipinski definition) is 0. The largest absolute Gasteiger partial charge is 0.342 e. The molecule has 0 spiro atoms. The number of hydrogen-bond acceptors (Lipinski definition) is 4. The number of nitriles is 2. The first-order valence-electron chi connectivity index (χ1n) is 10.4. The molecular weight excluding hydrogens is 400 g/mol. The van der Waals surface area contributed by atoms with Gasteiger partial charge in [-0.15, -0.1) is 11.3 Å². The number of rotatable bonds is 4. The van der Waals surface area contributed by atoms with E-state index in [4.69, 9.17) is 4.99 Å². The fraction of sp³-hybridized carbons (Fsp3) is 0.192. The maximum absolute atomic E-state index is 9.70. The molecule has 0 bridgehead atoms. The van der Waals surface area contributed by atoms with Crippen LogP contribution in [0, 0.1) is 22.7 Å². The van der Waals surface area contributed by atoms with Crippen molar-refractivity contribution in [3.05, 3.63) is 87.4 Å². The van der Waals surface area contributed by atoms with Gasteiger partial charge in [0.2, 0.25) is 0 Å². The SMILES string of the molecule is N#Cc1ccccc1Cn1cc(C=Nc2sc3c(c2C#N)CCCC3)c2ccccc21. The molecule has 0 unspecified atom stereocenters. The fourth-order valence-corrected chi connectivity index (χ4v) is 5.53. The van der Waals surface area contributed by atoms with Crippen LogP contribution in [0.25, 0.3) is 10.9 Å². The van der Waals surface area contributed by atoms with Crippen molar-refractivity contribution in [1.29, 1.82) is 10.5 Å². The minimum Gasteiger partial charge on any atom is -0.342 e. The molecule has 2 aromatic heterocycles. The molecule has 0 saturated carbocycles. The van der Waals surface area contributed by atoms with E-state index >= 15 is 0 Å². The van der Waals surface area contributed by atoms with Crippen LogP contribution < -0.4 is 0 Å². The van der Waals surface area contributed by atoms with Crippen molar-refractivity contribution in [2.24, 2.45) is 4.99 Å². The molecule has 2 heterocycles. The molecule has 31 heavy (non-hydrogen) atoms. The standard InChI is InChI=1S/C26H20N4S/c27-13-18-7-1-2-8-19(18)16-30-17-20(21-9-3-5-11-24(21)30)15-29-26-23(14-28)22-10-4-6-12-25(22)31-26/h1-3,5,7-9,11,15,17H,4,6,10,12,16H2. The van der Waals surface area contributed by atoms with Gasteiger partial charge in [-0.1, -0.05) is 36.4 Å². The molecule has 0 N–H and O–H groups in total. The van der Waals surface area contributed by atoms with Crippen molar-refractivity contribution in [2.75, 3.05) is 0 Å². The Balaban J connectivity index is 1.54. The predicted molar refractivity (Wildman–Crippen MR) is 125 cm³/mol. The summed E-state index contributed by atoms with van der Waals surface area (Å²) in [5.74, 6) is 0. The number of aryl methyl sites for hydroxylation is 1. The average Bonchev–Trinajstić information content (AvgIpc) is 3.35. The Hall–Kier alpha value is -3.67. The Labute approximate surface area is 185 Å². The molecule has 5 rings (SSSR count). The molecule has 0 radical (unpaired) electrons. The molecule has 150 valence electrons. The lowest BCUT2D eigenvalue weighted by Crippen LogP contribution is -2.00. The van der Waals surface area contributed by atoms with Gasteiger partial charge < -0.3 is 4.57 Å². The zero-order chi connectivity index (χ0) is 21.2. The molecule has 0 amide bonds. The van der Waals surface area contributed by atoms with Crippen LogP contribution in [0.1, 0.15) is 45.5 Å². The number of aromatic nitrogens is 1. The van der Waals surface area contributed by atoms with Crippen LogP contribution in [-0.2, 0) is 19.4 Å². The van der Waals surface area contributed by atoms with Crippen molar-refractivity contribution in [1.82, 2.24) is 4.57 Å². The van der Waals surface area contributed by atoms with E-state index in [1.54, 1.807) is 11.3 Å². The number of aliphatic imine (C=N–C) groups is 1. The number of para-hydroxylation sites is 1. The summed E-state index contributed by atoms with van der Waals surface area (Å²) in [5.41, 5.74) is 5.76. The molecule has 1 aliphatic rings. The van der Waals surface area contributed by atoms with Gasteiger partial charge in [0.1, 0.15) is 11.1 Å². The number of thiophene rings is 1. The Morgan fingerprint density at radius 1 is 1.00 bits per heavy atom. The molecule has 0 saturated heterocycles. The zero-order valence-corrected chi connectivity index (χ0v) is 17.8. The van der Waals surface area contributed by atoms with Gasteiger partial charge in [-0.05, 0) is 48.9 Å². The summed E-state index contributed by atoms with van der Waals surface area (Å²) in [6.45, 7) is 0.620. The van der Waals surface area contributed by atoms with Crippen LogP contribution in [0.15, 0.2) is 59.7 Å². The lowest BCUT2D eigenvalue weighted by Gasteiger charge is -2.09. The number of nitrogens with zero attached hydrogens (tertiary/aromatic N) is 4. The Morgan fingerprint density at radius 3 is 2.68 bits per heavy atom. The summed E-state index contributed by atoms with van der Waals surface area (Å²) in [4.78, 5) is 6.09. The maximum atomic E-state index is 9.70. The maximum Gasteiger partial charge on any atom is 0.134 e. The molecule has 2 aromatic carbocycles. The lowest BCUT2D eigenvalue weighted by atomic mass is 9.96. The Morgan fingerprint density at radius 2 is 1.81 bits per heavy atom. The third-order valence-electron chi connectivity index (χ3n) is 5.88. The van der Waals surface area contributed by atoms with Gasteiger partial charge in [-0.2, -0.15) is 10.5 Å². The van der Waals surface area contributed by atoms with Crippen LogP contribution in [0.2, 0.25) is 0 Å². The van der Waals surface area contributed by atoms with Gasteiger partial charge in [0.25, 0.3) is 0 Å². The van der Waals surface area contributed by atoms with Gasteiger partial charge in [0.15, 0.2) is 0 Å². The van der Waals surface area contributed by atoms with Crippen LogP contribution >= 0.6 is 11.3 Å². The number of fused-ring (bicyclic) bond motifs is 2. The van der Waals surface area contributed by atoms with Crippen LogP contribution in [0.4, 0.5) is 5.00 Å². The molecule has 0 fully saturated rings. The first-order valence-corrected chi connectivity index (χ1v) is 11.2. The Bertz CT molecular complexity index is 1390. The van der Waals surface area contributed by atoms with Crippen LogP contribution in [0.5, 0.6) is 0 Å². The summed E-state index contributed by atoms with van der Waals surface area (Å²) in [7, 11) is 0. The summed E-state index contributed by atoms with van der Waals surface area (Å²) in [5, 5.41) is 21.1. The van der Waals surface area contributed by atoms with Gasteiger partial charge in [-0.25, -0.2) is 4.99 Å². The topological polar surface area (TPSA) is 64.9 Å². The minimum absolute atomic E-state index is 0.620. The molecule has 5 heteroatoms. The summed E-state index contributed by atoms with van der Waals surface area (Å²) in [6, 6.07) is 20.6. The van der Waals surface area contributed by atoms with Gasteiger partial charge >= 0.3 is 0 Å². The minimum atomic E-state index is 0.620. The van der Waals surface area contributed by atoms with E-state index in [1.165, 1.54) is 16.9 Å². The second-order valence-electron chi connectivity index (χ2n) is 7.76. The van der Waals surface area contributed by atoms with E-state index < -0.39 is 0 Å². The number of benzene rings is 2. The highest BCUT2D eigenvalue weighted by atomic mass is 32.1. The molecule has 4 aromatic rings. The first kappa shape index (κ1) is 19.3. The smallest absolute Gasteiger partial charge is 0.134 e. The molecule has 4 nitrogen and oxygen atoms in total. The fourth-order valence-electron chi connectivity index (χ4n) is 4.35. The van der Waals surface area contributed by atoms with Crippen molar-refractivity contribution in [3.63, 3.8) is 0 Å². The predicted octanol–water partition coefficient (Wildman–Crippen LogP) is 6.12. The van der Waals surface area contributed by atoms with Gasteiger partial charge in [-0.3, -0.25) is 0 Å². The van der Waals surface area contributed by atoms with E-state index in [0.717, 1.165) is 51.9 Å². The molecule has 0 atom stereocenters. The third kappa shape index (κ3) is 3.54. The van der Waals surface area contributed by atoms with Crippen LogP contribution in [0.3, 0.4) is 0 Å². The van der Waals surface area contributed by atoms with Crippen molar-refractivity contribution < 1.29 is 0 Å². The second kappa shape index (κ2) is 8.22. The summed E-state index contributed by atoms with van der Waals surface area (Å²) >= 11 is 1.66. The third-order valence-corrected chi connectivity index (χ3v) is 7.08. The monoisotopic (exact) mass is 420 g/mol. The highest BCUT2D eigenvalue weighted by molar-refractivity contribution is 7.16. The van der Waals surface area contributed by atoms with Crippen molar-refractivity contribution in [3.8, 4) is 12.1 Å². The van der Waals surface area contributed by atoms with Gasteiger partial charge in [0.05, 0.1) is 17.2 Å². The normalized spacial score (nSPS) is 13.2. The average molecular weight is 421 g/mol. The molecule has 0 aliphatic heterocycles. The van der Waals surface area contributed by atoms with E-state index in [-0.39, 0.29) is 0 Å². The highest BCUT2D eigenvalue weighted by Gasteiger charge is 2.20. The van der Waals surface area contributed by atoms with Gasteiger partial charge in [0, 0.05) is 40.3 Å². The first-order chi connectivity index (χ1) is 15.3. The molecule has 1 aliphatic carbocycles.